The van der Waals surface area contributed by atoms with E-state index in [2.05, 4.69) is 14.8 Å². The van der Waals surface area contributed by atoms with Crippen LogP contribution in [0, 0.1) is 0 Å². The number of hydrogen-bond donors (Lipinski definition) is 0. The molecular formula is C14H13N3O3. The van der Waals surface area contributed by atoms with Crippen molar-refractivity contribution in [3.05, 3.63) is 52.4 Å². The molecule has 0 heterocycles. The van der Waals surface area contributed by atoms with Crippen LogP contribution in [0.4, 0.5) is 0 Å². The Labute approximate surface area is 115 Å². The fourth-order valence-electron chi connectivity index (χ4n) is 1.95. The summed E-state index contributed by atoms with van der Waals surface area (Å²) >= 11 is 0. The Morgan fingerprint density at radius 1 is 1.20 bits per heavy atom. The maximum Gasteiger partial charge on any atom is 0.319 e. The van der Waals surface area contributed by atoms with Gasteiger partial charge < -0.3 is 9.47 Å². The van der Waals surface area contributed by atoms with Crippen LogP contribution in [0.15, 0.2) is 41.5 Å². The third-order valence-corrected chi connectivity index (χ3v) is 2.98. The number of azide groups is 1. The molecule has 6 heteroatoms. The lowest BCUT2D eigenvalue weighted by Gasteiger charge is -2.10. The zero-order valence-corrected chi connectivity index (χ0v) is 11.1. The van der Waals surface area contributed by atoms with E-state index in [4.69, 9.17) is 10.3 Å². The number of nitrogens with zero attached hydrogens (tertiary/aromatic N) is 3. The van der Waals surface area contributed by atoms with Crippen LogP contribution in [0.2, 0.25) is 0 Å². The Bertz CT molecular complexity index is 693. The molecule has 0 N–H and O–H groups in total. The van der Waals surface area contributed by atoms with Crippen LogP contribution in [0.3, 0.4) is 0 Å². The maximum atomic E-state index is 11.6. The minimum absolute atomic E-state index is 0.587. The van der Waals surface area contributed by atoms with E-state index in [1.165, 1.54) is 7.11 Å². The van der Waals surface area contributed by atoms with Crippen LogP contribution >= 0.6 is 0 Å². The van der Waals surface area contributed by atoms with Crippen LogP contribution < -0.4 is 4.74 Å². The molecule has 0 amide bonds. The predicted molar refractivity (Wildman–Crippen MR) is 74.4 cm³/mol. The number of benzene rings is 2. The average Bonchev–Trinajstić information content (AvgIpc) is 2.50. The van der Waals surface area contributed by atoms with E-state index < -0.39 is 12.0 Å². The van der Waals surface area contributed by atoms with Gasteiger partial charge in [0.1, 0.15) is 5.75 Å². The fourth-order valence-corrected chi connectivity index (χ4v) is 1.95. The van der Waals surface area contributed by atoms with E-state index in [1.54, 1.807) is 19.2 Å². The van der Waals surface area contributed by atoms with E-state index in [-0.39, 0.29) is 0 Å². The Kier molecular flexibility index (Phi) is 4.08. The van der Waals surface area contributed by atoms with E-state index >= 15 is 0 Å². The molecule has 0 radical (unpaired) electrons. The summed E-state index contributed by atoms with van der Waals surface area (Å²) in [5, 5.41) is 5.38. The number of ether oxygens (including phenoxy) is 2. The molecule has 6 nitrogen and oxygen atoms in total. The summed E-state index contributed by atoms with van der Waals surface area (Å²) in [5.74, 6) is 0.167. The summed E-state index contributed by atoms with van der Waals surface area (Å²) < 4.78 is 9.80. The largest absolute Gasteiger partial charge is 0.497 e. The van der Waals surface area contributed by atoms with E-state index in [0.29, 0.717) is 5.56 Å². The second kappa shape index (κ2) is 5.95. The van der Waals surface area contributed by atoms with Crippen LogP contribution in [-0.4, -0.2) is 20.2 Å². The van der Waals surface area contributed by atoms with Crippen molar-refractivity contribution < 1.29 is 14.3 Å². The van der Waals surface area contributed by atoms with Gasteiger partial charge in [-0.3, -0.25) is 4.79 Å². The standard InChI is InChI=1S/C14H13N3O3/c1-19-12-6-5-9-7-11(4-3-10(9)8-12)13(16-17-15)14(18)20-2/h3-8,13H,1-2H3/t13-/m0/s1. The van der Waals surface area contributed by atoms with Crippen molar-refractivity contribution >= 4 is 16.7 Å². The van der Waals surface area contributed by atoms with Gasteiger partial charge in [0.15, 0.2) is 6.04 Å². The summed E-state index contributed by atoms with van der Waals surface area (Å²) in [4.78, 5) is 14.3. The third-order valence-electron chi connectivity index (χ3n) is 2.98. The van der Waals surface area contributed by atoms with Gasteiger partial charge in [-0.1, -0.05) is 29.4 Å². The number of fused-ring (bicyclic) bond motifs is 1. The van der Waals surface area contributed by atoms with Gasteiger partial charge in [0.05, 0.1) is 14.2 Å². The van der Waals surface area contributed by atoms with Crippen molar-refractivity contribution in [2.24, 2.45) is 5.11 Å². The van der Waals surface area contributed by atoms with E-state index in [0.717, 1.165) is 16.5 Å². The molecule has 0 aromatic heterocycles. The number of carbonyl (C=O) groups excluding carboxylic acids is 1. The molecule has 20 heavy (non-hydrogen) atoms. The van der Waals surface area contributed by atoms with Gasteiger partial charge in [-0.05, 0) is 34.0 Å². The second-order valence-corrected chi connectivity index (χ2v) is 4.10. The summed E-state index contributed by atoms with van der Waals surface area (Å²) in [6, 6.07) is 9.99. The zero-order chi connectivity index (χ0) is 14.5. The smallest absolute Gasteiger partial charge is 0.319 e. The van der Waals surface area contributed by atoms with E-state index in [9.17, 15) is 4.79 Å². The number of carbonyl (C=O) groups is 1. The number of esters is 1. The zero-order valence-electron chi connectivity index (χ0n) is 11.1. The molecule has 0 aliphatic heterocycles. The molecule has 102 valence electrons. The van der Waals surface area contributed by atoms with Crippen LogP contribution in [0.5, 0.6) is 5.75 Å². The highest BCUT2D eigenvalue weighted by Gasteiger charge is 2.20. The minimum atomic E-state index is -0.975. The van der Waals surface area contributed by atoms with Crippen molar-refractivity contribution in [1.82, 2.24) is 0 Å². The summed E-state index contributed by atoms with van der Waals surface area (Å²) in [6.45, 7) is 0. The van der Waals surface area contributed by atoms with Gasteiger partial charge in [0.2, 0.25) is 0 Å². The van der Waals surface area contributed by atoms with Gasteiger partial charge in [-0.15, -0.1) is 0 Å². The Balaban J connectivity index is 2.49. The summed E-state index contributed by atoms with van der Waals surface area (Å²) in [7, 11) is 2.86. The van der Waals surface area contributed by atoms with Crippen molar-refractivity contribution in [1.29, 1.82) is 0 Å². The lowest BCUT2D eigenvalue weighted by molar-refractivity contribution is -0.142. The first-order valence-corrected chi connectivity index (χ1v) is 5.89. The molecule has 0 bridgehead atoms. The Morgan fingerprint density at radius 3 is 2.55 bits per heavy atom. The van der Waals surface area contributed by atoms with Gasteiger partial charge in [0, 0.05) is 4.91 Å². The number of rotatable bonds is 4. The van der Waals surface area contributed by atoms with Crippen LogP contribution in [0.1, 0.15) is 11.6 Å². The molecular weight excluding hydrogens is 258 g/mol. The van der Waals surface area contributed by atoms with Crippen molar-refractivity contribution in [3.63, 3.8) is 0 Å². The van der Waals surface area contributed by atoms with E-state index in [1.807, 2.05) is 24.3 Å². The van der Waals surface area contributed by atoms with Crippen molar-refractivity contribution in [2.75, 3.05) is 14.2 Å². The first-order valence-electron chi connectivity index (χ1n) is 5.89. The highest BCUT2D eigenvalue weighted by Crippen LogP contribution is 2.26. The molecule has 1 atom stereocenters. The maximum absolute atomic E-state index is 11.6. The van der Waals surface area contributed by atoms with Gasteiger partial charge in [-0.2, -0.15) is 0 Å². The first-order chi connectivity index (χ1) is 9.69. The first kappa shape index (κ1) is 13.7. The molecule has 0 fully saturated rings. The second-order valence-electron chi connectivity index (χ2n) is 4.10. The molecule has 0 aliphatic rings. The Hall–Kier alpha value is -2.72. The lowest BCUT2D eigenvalue weighted by atomic mass is 10.0. The van der Waals surface area contributed by atoms with Crippen molar-refractivity contribution in [3.8, 4) is 5.75 Å². The van der Waals surface area contributed by atoms with Crippen molar-refractivity contribution in [2.45, 2.75) is 6.04 Å². The predicted octanol–water partition coefficient (Wildman–Crippen LogP) is 3.37. The van der Waals surface area contributed by atoms with Gasteiger partial charge in [0.25, 0.3) is 0 Å². The molecule has 2 aromatic rings. The molecule has 0 saturated heterocycles. The monoisotopic (exact) mass is 271 g/mol. The minimum Gasteiger partial charge on any atom is -0.497 e. The van der Waals surface area contributed by atoms with Crippen LogP contribution in [0.25, 0.3) is 21.2 Å². The van der Waals surface area contributed by atoms with Gasteiger partial charge >= 0.3 is 5.97 Å². The molecule has 2 aromatic carbocycles. The number of hydrogen-bond acceptors (Lipinski definition) is 4. The third kappa shape index (κ3) is 2.65. The molecule has 0 aliphatic carbocycles. The highest BCUT2D eigenvalue weighted by atomic mass is 16.5. The SMILES string of the molecule is COC(=O)[C@@H](N=[N+]=[N-])c1ccc2cc(OC)ccc2c1. The van der Waals surface area contributed by atoms with Crippen LogP contribution in [-0.2, 0) is 9.53 Å². The average molecular weight is 271 g/mol. The summed E-state index contributed by atoms with van der Waals surface area (Å²) in [6.07, 6.45) is 0. The molecule has 0 spiro atoms. The molecule has 2 rings (SSSR count). The normalized spacial score (nSPS) is 11.5. The molecule has 0 unspecified atom stereocenters. The number of methoxy groups -OCH3 is 2. The topological polar surface area (TPSA) is 84.3 Å². The lowest BCUT2D eigenvalue weighted by Crippen LogP contribution is -2.11. The Morgan fingerprint density at radius 2 is 1.90 bits per heavy atom. The quantitative estimate of drug-likeness (QED) is 0.370. The van der Waals surface area contributed by atoms with Gasteiger partial charge in [-0.25, -0.2) is 0 Å². The molecule has 0 saturated carbocycles. The summed E-state index contributed by atoms with van der Waals surface area (Å²) in [5.41, 5.74) is 9.15. The highest BCUT2D eigenvalue weighted by molar-refractivity contribution is 5.86. The fraction of sp³-hybridized carbons (Fsp3) is 0.214.